The lowest BCUT2D eigenvalue weighted by Gasteiger charge is -2.23. The third kappa shape index (κ3) is 3.85. The largest absolute Gasteiger partial charge is 0.388 e. The third-order valence-electron chi connectivity index (χ3n) is 4.19. The van der Waals surface area contributed by atoms with Crippen molar-refractivity contribution in [1.82, 2.24) is 5.32 Å². The van der Waals surface area contributed by atoms with Gasteiger partial charge in [-0.1, -0.05) is 17.7 Å². The Kier molecular flexibility index (Phi) is 4.56. The summed E-state index contributed by atoms with van der Waals surface area (Å²) in [6.45, 7) is 7.56. The Labute approximate surface area is 131 Å². The van der Waals surface area contributed by atoms with E-state index in [0.717, 1.165) is 29.5 Å². The second kappa shape index (κ2) is 6.08. The second-order valence-corrected chi connectivity index (χ2v) is 6.54. The van der Waals surface area contributed by atoms with Crippen LogP contribution >= 0.6 is 0 Å². The summed E-state index contributed by atoms with van der Waals surface area (Å²) in [6.07, 6.45) is 1.94. The average Bonchev–Trinajstić information content (AvgIpc) is 3.24. The van der Waals surface area contributed by atoms with Crippen LogP contribution in [-0.2, 0) is 9.59 Å². The van der Waals surface area contributed by atoms with Crippen molar-refractivity contribution in [1.29, 1.82) is 0 Å². The first-order valence-electron chi connectivity index (χ1n) is 7.60. The fourth-order valence-electron chi connectivity index (χ4n) is 2.74. The highest BCUT2D eigenvalue weighted by Gasteiger charge is 2.40. The van der Waals surface area contributed by atoms with Gasteiger partial charge in [-0.05, 0) is 57.6 Å². The number of aryl methyl sites for hydroxylation is 3. The molecule has 2 rings (SSSR count). The topological polar surface area (TPSA) is 78.4 Å². The zero-order valence-electron chi connectivity index (χ0n) is 13.6. The van der Waals surface area contributed by atoms with Crippen LogP contribution in [0.2, 0.25) is 0 Å². The van der Waals surface area contributed by atoms with E-state index in [1.54, 1.807) is 6.92 Å². The maximum Gasteiger partial charge on any atom is 0.313 e. The van der Waals surface area contributed by atoms with Crippen molar-refractivity contribution in [3.8, 4) is 0 Å². The average molecular weight is 304 g/mol. The van der Waals surface area contributed by atoms with Crippen LogP contribution in [0.15, 0.2) is 12.1 Å². The Morgan fingerprint density at radius 3 is 2.23 bits per heavy atom. The summed E-state index contributed by atoms with van der Waals surface area (Å²) in [5.41, 5.74) is 2.68. The fourth-order valence-corrected chi connectivity index (χ4v) is 2.74. The maximum atomic E-state index is 12.0. The molecule has 0 aromatic heterocycles. The Hall–Kier alpha value is -1.88. The summed E-state index contributed by atoms with van der Waals surface area (Å²) in [4.78, 5) is 23.9. The fraction of sp³-hybridized carbons (Fsp3) is 0.529. The highest BCUT2D eigenvalue weighted by molar-refractivity contribution is 6.39. The van der Waals surface area contributed by atoms with Crippen molar-refractivity contribution in [2.75, 3.05) is 11.9 Å². The minimum atomic E-state index is -0.939. The normalized spacial score (nSPS) is 16.8. The first-order valence-corrected chi connectivity index (χ1v) is 7.60. The molecule has 22 heavy (non-hydrogen) atoms. The van der Waals surface area contributed by atoms with Gasteiger partial charge in [0.05, 0.1) is 5.60 Å². The van der Waals surface area contributed by atoms with E-state index in [2.05, 4.69) is 10.6 Å². The van der Waals surface area contributed by atoms with Crippen LogP contribution in [0.5, 0.6) is 0 Å². The minimum absolute atomic E-state index is 0.0930. The first kappa shape index (κ1) is 16.5. The molecule has 1 aliphatic carbocycles. The lowest BCUT2D eigenvalue weighted by molar-refractivity contribution is -0.136. The summed E-state index contributed by atoms with van der Waals surface area (Å²) in [5.74, 6) is -1.21. The van der Waals surface area contributed by atoms with E-state index in [9.17, 15) is 14.7 Å². The predicted octanol–water partition coefficient (Wildman–Crippen LogP) is 1.83. The predicted molar refractivity (Wildman–Crippen MR) is 85.6 cm³/mol. The van der Waals surface area contributed by atoms with Crippen LogP contribution in [0.1, 0.15) is 36.5 Å². The van der Waals surface area contributed by atoms with Crippen molar-refractivity contribution in [2.45, 2.75) is 46.1 Å². The van der Waals surface area contributed by atoms with Crippen LogP contribution in [0.25, 0.3) is 0 Å². The highest BCUT2D eigenvalue weighted by atomic mass is 16.3. The van der Waals surface area contributed by atoms with E-state index in [4.69, 9.17) is 0 Å². The lowest BCUT2D eigenvalue weighted by Crippen LogP contribution is -2.45. The van der Waals surface area contributed by atoms with Crippen LogP contribution in [-0.4, -0.2) is 29.1 Å². The van der Waals surface area contributed by atoms with Crippen LogP contribution in [0, 0.1) is 26.7 Å². The summed E-state index contributed by atoms with van der Waals surface area (Å²) in [5, 5.41) is 15.3. The van der Waals surface area contributed by atoms with Gasteiger partial charge in [0.2, 0.25) is 0 Å². The number of anilines is 1. The number of amides is 2. The summed E-state index contributed by atoms with van der Waals surface area (Å²) in [6, 6.07) is 3.91. The molecule has 5 heteroatoms. The molecule has 0 saturated heterocycles. The number of aliphatic hydroxyl groups is 1. The van der Waals surface area contributed by atoms with Crippen molar-refractivity contribution < 1.29 is 14.7 Å². The number of hydrogen-bond acceptors (Lipinski definition) is 3. The lowest BCUT2D eigenvalue weighted by atomic mass is 10.0. The summed E-state index contributed by atoms with van der Waals surface area (Å²) >= 11 is 0. The molecule has 1 atom stereocenters. The molecule has 1 aromatic rings. The van der Waals surface area contributed by atoms with Gasteiger partial charge in [0, 0.05) is 12.2 Å². The third-order valence-corrected chi connectivity index (χ3v) is 4.19. The first-order chi connectivity index (χ1) is 10.2. The van der Waals surface area contributed by atoms with Gasteiger partial charge in [0.15, 0.2) is 0 Å². The minimum Gasteiger partial charge on any atom is -0.388 e. The second-order valence-electron chi connectivity index (χ2n) is 6.54. The molecule has 1 aromatic carbocycles. The Balaban J connectivity index is 1.95. The van der Waals surface area contributed by atoms with Crippen molar-refractivity contribution >= 4 is 17.5 Å². The van der Waals surface area contributed by atoms with Gasteiger partial charge >= 0.3 is 11.8 Å². The van der Waals surface area contributed by atoms with Gasteiger partial charge in [-0.3, -0.25) is 9.59 Å². The van der Waals surface area contributed by atoms with Gasteiger partial charge in [0.25, 0.3) is 0 Å². The Morgan fingerprint density at radius 1 is 1.18 bits per heavy atom. The van der Waals surface area contributed by atoms with E-state index < -0.39 is 17.4 Å². The number of carbonyl (C=O) groups excluding carboxylic acids is 2. The van der Waals surface area contributed by atoms with Crippen LogP contribution in [0.3, 0.4) is 0 Å². The molecule has 0 bridgehead atoms. The summed E-state index contributed by atoms with van der Waals surface area (Å²) in [7, 11) is 0. The smallest absolute Gasteiger partial charge is 0.313 e. The maximum absolute atomic E-state index is 12.0. The van der Waals surface area contributed by atoms with Crippen molar-refractivity contribution in [2.24, 2.45) is 5.92 Å². The molecular formula is C17H24N2O3. The molecular weight excluding hydrogens is 280 g/mol. The Bertz CT molecular complexity index is 581. The van der Waals surface area contributed by atoms with Crippen molar-refractivity contribution in [3.63, 3.8) is 0 Å². The Morgan fingerprint density at radius 2 is 1.73 bits per heavy atom. The summed E-state index contributed by atoms with van der Waals surface area (Å²) < 4.78 is 0. The van der Waals surface area contributed by atoms with E-state index >= 15 is 0 Å². The van der Waals surface area contributed by atoms with E-state index in [-0.39, 0.29) is 12.5 Å². The molecule has 2 amide bonds. The van der Waals surface area contributed by atoms with Gasteiger partial charge in [0.1, 0.15) is 0 Å². The molecule has 0 aliphatic heterocycles. The number of hydrogen-bond donors (Lipinski definition) is 3. The molecule has 1 aliphatic rings. The number of nitrogens with one attached hydrogen (secondary N) is 2. The van der Waals surface area contributed by atoms with E-state index in [0.29, 0.717) is 5.69 Å². The van der Waals surface area contributed by atoms with Crippen molar-refractivity contribution in [3.05, 3.63) is 28.8 Å². The number of rotatable bonds is 4. The molecule has 1 fully saturated rings. The number of carbonyl (C=O) groups is 2. The van der Waals surface area contributed by atoms with E-state index in [1.807, 2.05) is 32.9 Å². The van der Waals surface area contributed by atoms with Gasteiger partial charge in [-0.2, -0.15) is 0 Å². The van der Waals surface area contributed by atoms with Crippen LogP contribution < -0.4 is 10.6 Å². The molecule has 1 saturated carbocycles. The van der Waals surface area contributed by atoms with Gasteiger partial charge < -0.3 is 15.7 Å². The SMILES string of the molecule is Cc1cc(C)c(NC(=O)C(=O)NCC(C)(O)C2CC2)c(C)c1. The van der Waals surface area contributed by atoms with Crippen LogP contribution in [0.4, 0.5) is 5.69 Å². The number of benzene rings is 1. The zero-order valence-corrected chi connectivity index (χ0v) is 13.6. The molecule has 3 N–H and O–H groups in total. The molecule has 0 spiro atoms. The highest BCUT2D eigenvalue weighted by Crippen LogP contribution is 2.38. The quantitative estimate of drug-likeness (QED) is 0.743. The molecule has 0 heterocycles. The standard InChI is InChI=1S/C17H24N2O3/c1-10-7-11(2)14(12(3)8-10)19-16(21)15(20)18-9-17(4,22)13-5-6-13/h7-8,13,22H,5-6,9H2,1-4H3,(H,18,20)(H,19,21). The molecule has 5 nitrogen and oxygen atoms in total. The molecule has 120 valence electrons. The van der Waals surface area contributed by atoms with E-state index in [1.165, 1.54) is 0 Å². The zero-order chi connectivity index (χ0) is 16.5. The molecule has 1 unspecified atom stereocenters. The van der Waals surface area contributed by atoms with Gasteiger partial charge in [-0.15, -0.1) is 0 Å². The molecule has 0 radical (unpaired) electrons. The van der Waals surface area contributed by atoms with Gasteiger partial charge in [-0.25, -0.2) is 0 Å². The monoisotopic (exact) mass is 304 g/mol.